The van der Waals surface area contributed by atoms with Gasteiger partial charge >= 0.3 is 5.97 Å². The number of hydrogen-bond acceptors (Lipinski definition) is 5. The molecule has 0 aliphatic carbocycles. The predicted octanol–water partition coefficient (Wildman–Crippen LogP) is 3.32. The van der Waals surface area contributed by atoms with Crippen LogP contribution in [0.2, 0.25) is 0 Å². The summed E-state index contributed by atoms with van der Waals surface area (Å²) >= 11 is 0. The van der Waals surface area contributed by atoms with Crippen LogP contribution in [0.1, 0.15) is 32.6 Å². The number of aromatic nitrogens is 1. The third-order valence-corrected chi connectivity index (χ3v) is 3.35. The summed E-state index contributed by atoms with van der Waals surface area (Å²) in [5.74, 6) is 0.668. The molecule has 1 aromatic heterocycles. The standard InChI is InChI=1S/C17H22N2O3/c1-2-21-16(20)9-4-3-5-12-22-15-10-11-19-17-13(15)7-6-8-14(17)18/h6-8,10-11H,2-5,9,12,18H2,1H3. The van der Waals surface area contributed by atoms with Crippen LogP contribution in [0.4, 0.5) is 5.69 Å². The second kappa shape index (κ2) is 8.22. The molecule has 0 fully saturated rings. The summed E-state index contributed by atoms with van der Waals surface area (Å²) in [4.78, 5) is 15.5. The first-order chi connectivity index (χ1) is 10.7. The van der Waals surface area contributed by atoms with Crippen molar-refractivity contribution in [2.24, 2.45) is 0 Å². The summed E-state index contributed by atoms with van der Waals surface area (Å²) in [7, 11) is 0. The molecule has 0 aliphatic heterocycles. The Balaban J connectivity index is 1.78. The lowest BCUT2D eigenvalue weighted by atomic mass is 10.2. The number of unbranched alkanes of at least 4 members (excludes halogenated alkanes) is 2. The third kappa shape index (κ3) is 4.35. The average molecular weight is 302 g/mol. The number of carbonyl (C=O) groups excluding carboxylic acids is 1. The lowest BCUT2D eigenvalue weighted by molar-refractivity contribution is -0.143. The number of nitrogen functional groups attached to an aromatic ring is 1. The summed E-state index contributed by atoms with van der Waals surface area (Å²) in [6.07, 6.45) is 4.83. The van der Waals surface area contributed by atoms with Crippen LogP contribution in [-0.2, 0) is 9.53 Å². The third-order valence-electron chi connectivity index (χ3n) is 3.35. The lowest BCUT2D eigenvalue weighted by Gasteiger charge is -2.09. The van der Waals surface area contributed by atoms with Gasteiger partial charge in [0.1, 0.15) is 5.75 Å². The Morgan fingerprint density at radius 2 is 2.09 bits per heavy atom. The van der Waals surface area contributed by atoms with Gasteiger partial charge in [-0.15, -0.1) is 0 Å². The van der Waals surface area contributed by atoms with Gasteiger partial charge in [-0.1, -0.05) is 6.07 Å². The minimum atomic E-state index is -0.126. The van der Waals surface area contributed by atoms with Gasteiger partial charge in [0.15, 0.2) is 0 Å². The number of nitrogens with two attached hydrogens (primary N) is 1. The monoisotopic (exact) mass is 302 g/mol. The highest BCUT2D eigenvalue weighted by atomic mass is 16.5. The molecule has 1 heterocycles. The minimum absolute atomic E-state index is 0.126. The van der Waals surface area contributed by atoms with Crippen molar-refractivity contribution >= 4 is 22.6 Å². The molecule has 1 aromatic carbocycles. The largest absolute Gasteiger partial charge is 0.493 e. The van der Waals surface area contributed by atoms with Crippen LogP contribution >= 0.6 is 0 Å². The maximum Gasteiger partial charge on any atom is 0.305 e. The normalized spacial score (nSPS) is 10.6. The van der Waals surface area contributed by atoms with Gasteiger partial charge < -0.3 is 15.2 Å². The molecular formula is C17H22N2O3. The van der Waals surface area contributed by atoms with E-state index in [0.717, 1.165) is 35.9 Å². The van der Waals surface area contributed by atoms with Crippen molar-refractivity contribution in [3.05, 3.63) is 30.5 Å². The number of benzene rings is 1. The van der Waals surface area contributed by atoms with Gasteiger partial charge in [-0.2, -0.15) is 0 Å². The summed E-state index contributed by atoms with van der Waals surface area (Å²) in [5.41, 5.74) is 7.33. The number of fused-ring (bicyclic) bond motifs is 1. The van der Waals surface area contributed by atoms with Crippen LogP contribution in [0.15, 0.2) is 30.5 Å². The van der Waals surface area contributed by atoms with E-state index >= 15 is 0 Å². The highest BCUT2D eigenvalue weighted by Crippen LogP contribution is 2.27. The van der Waals surface area contributed by atoms with E-state index in [-0.39, 0.29) is 5.97 Å². The fourth-order valence-corrected chi connectivity index (χ4v) is 2.26. The van der Waals surface area contributed by atoms with Gasteiger partial charge in [-0.05, 0) is 44.4 Å². The topological polar surface area (TPSA) is 74.4 Å². The van der Waals surface area contributed by atoms with Crippen LogP contribution in [0.3, 0.4) is 0 Å². The van der Waals surface area contributed by atoms with E-state index in [1.165, 1.54) is 0 Å². The number of para-hydroxylation sites is 1. The van der Waals surface area contributed by atoms with E-state index < -0.39 is 0 Å². The molecular weight excluding hydrogens is 280 g/mol. The second-order valence-electron chi connectivity index (χ2n) is 5.02. The van der Waals surface area contributed by atoms with Crippen LogP contribution in [-0.4, -0.2) is 24.2 Å². The number of rotatable bonds is 8. The molecule has 2 N–H and O–H groups in total. The van der Waals surface area contributed by atoms with Crippen molar-refractivity contribution < 1.29 is 14.3 Å². The number of carbonyl (C=O) groups is 1. The summed E-state index contributed by atoms with van der Waals surface area (Å²) in [5, 5.41) is 0.925. The zero-order chi connectivity index (χ0) is 15.8. The van der Waals surface area contributed by atoms with Crippen molar-refractivity contribution in [1.29, 1.82) is 0 Å². The number of ether oxygens (including phenoxy) is 2. The Morgan fingerprint density at radius 3 is 2.91 bits per heavy atom. The van der Waals surface area contributed by atoms with Crippen LogP contribution in [0, 0.1) is 0 Å². The van der Waals surface area contributed by atoms with Crippen LogP contribution < -0.4 is 10.5 Å². The zero-order valence-electron chi connectivity index (χ0n) is 12.9. The first kappa shape index (κ1) is 16.1. The Hall–Kier alpha value is -2.30. The van der Waals surface area contributed by atoms with Gasteiger partial charge in [0.2, 0.25) is 0 Å². The number of nitrogens with zero attached hydrogens (tertiary/aromatic N) is 1. The molecule has 0 aliphatic rings. The van der Waals surface area contributed by atoms with Gasteiger partial charge in [0.25, 0.3) is 0 Å². The molecule has 2 aromatic rings. The van der Waals surface area contributed by atoms with E-state index in [4.69, 9.17) is 15.2 Å². The quantitative estimate of drug-likeness (QED) is 0.460. The molecule has 5 nitrogen and oxygen atoms in total. The van der Waals surface area contributed by atoms with Gasteiger partial charge in [0, 0.05) is 18.0 Å². The zero-order valence-corrected chi connectivity index (χ0v) is 12.9. The van der Waals surface area contributed by atoms with Crippen LogP contribution in [0.5, 0.6) is 5.75 Å². The first-order valence-corrected chi connectivity index (χ1v) is 7.64. The maximum absolute atomic E-state index is 11.2. The molecule has 0 saturated carbocycles. The molecule has 0 bridgehead atoms. The van der Waals surface area contributed by atoms with Crippen molar-refractivity contribution in [2.75, 3.05) is 18.9 Å². The van der Waals surface area contributed by atoms with E-state index in [1.54, 1.807) is 6.20 Å². The van der Waals surface area contributed by atoms with E-state index in [2.05, 4.69) is 4.98 Å². The highest BCUT2D eigenvalue weighted by Gasteiger charge is 2.05. The molecule has 0 amide bonds. The van der Waals surface area contributed by atoms with Gasteiger partial charge in [-0.25, -0.2) is 0 Å². The predicted molar refractivity (Wildman–Crippen MR) is 86.8 cm³/mol. The highest BCUT2D eigenvalue weighted by molar-refractivity contribution is 5.93. The van der Waals surface area contributed by atoms with E-state index in [9.17, 15) is 4.79 Å². The Kier molecular flexibility index (Phi) is 6.01. The van der Waals surface area contributed by atoms with Gasteiger partial charge in [-0.3, -0.25) is 9.78 Å². The molecule has 118 valence electrons. The Labute approximate surface area is 130 Å². The number of esters is 1. The Bertz CT molecular complexity index is 628. The molecule has 0 atom stereocenters. The molecule has 0 unspecified atom stereocenters. The van der Waals surface area contributed by atoms with E-state index in [1.807, 2.05) is 31.2 Å². The average Bonchev–Trinajstić information content (AvgIpc) is 2.52. The number of hydrogen-bond donors (Lipinski definition) is 1. The maximum atomic E-state index is 11.2. The molecule has 0 spiro atoms. The summed E-state index contributed by atoms with van der Waals surface area (Å²) < 4.78 is 10.7. The smallest absolute Gasteiger partial charge is 0.305 e. The first-order valence-electron chi connectivity index (χ1n) is 7.64. The Morgan fingerprint density at radius 1 is 1.23 bits per heavy atom. The van der Waals surface area contributed by atoms with E-state index in [0.29, 0.717) is 25.3 Å². The number of pyridine rings is 1. The molecule has 5 heteroatoms. The molecule has 0 radical (unpaired) electrons. The minimum Gasteiger partial charge on any atom is -0.493 e. The van der Waals surface area contributed by atoms with Crippen molar-refractivity contribution in [1.82, 2.24) is 4.98 Å². The fourth-order valence-electron chi connectivity index (χ4n) is 2.26. The molecule has 2 rings (SSSR count). The van der Waals surface area contributed by atoms with Crippen LogP contribution in [0.25, 0.3) is 10.9 Å². The summed E-state index contributed by atoms with van der Waals surface area (Å²) in [6.45, 7) is 2.87. The van der Waals surface area contributed by atoms with Crippen molar-refractivity contribution in [3.8, 4) is 5.75 Å². The lowest BCUT2D eigenvalue weighted by Crippen LogP contribution is -2.04. The SMILES string of the molecule is CCOC(=O)CCCCCOc1ccnc2c(N)cccc12. The second-order valence-corrected chi connectivity index (χ2v) is 5.02. The molecule has 0 saturated heterocycles. The fraction of sp³-hybridized carbons (Fsp3) is 0.412. The van der Waals surface area contributed by atoms with Gasteiger partial charge in [0.05, 0.1) is 24.4 Å². The number of anilines is 1. The van der Waals surface area contributed by atoms with Crippen molar-refractivity contribution in [3.63, 3.8) is 0 Å². The van der Waals surface area contributed by atoms with Crippen molar-refractivity contribution in [2.45, 2.75) is 32.6 Å². The molecule has 22 heavy (non-hydrogen) atoms. The summed E-state index contributed by atoms with van der Waals surface area (Å²) in [6, 6.07) is 7.52.